The van der Waals surface area contributed by atoms with Gasteiger partial charge in [-0.25, -0.2) is 4.98 Å². The summed E-state index contributed by atoms with van der Waals surface area (Å²) >= 11 is 0. The predicted octanol–water partition coefficient (Wildman–Crippen LogP) is 1.81. The zero-order valence-electron chi connectivity index (χ0n) is 12.0. The zero-order valence-corrected chi connectivity index (χ0v) is 12.0. The maximum Gasteiger partial charge on any atom is 0.191 e. The number of hydrogen-bond donors (Lipinski definition) is 2. The van der Waals surface area contributed by atoms with Gasteiger partial charge in [0, 0.05) is 32.5 Å². The molecule has 0 radical (unpaired) electrons. The van der Waals surface area contributed by atoms with Gasteiger partial charge in [-0.1, -0.05) is 30.3 Å². The molecule has 0 fully saturated rings. The molecule has 5 heteroatoms. The Morgan fingerprint density at radius 1 is 1.35 bits per heavy atom. The van der Waals surface area contributed by atoms with Gasteiger partial charge in [-0.15, -0.1) is 0 Å². The molecule has 5 nitrogen and oxygen atoms in total. The Labute approximate surface area is 119 Å². The Morgan fingerprint density at radius 3 is 2.80 bits per heavy atom. The monoisotopic (exact) mass is 271 g/mol. The van der Waals surface area contributed by atoms with Gasteiger partial charge in [-0.3, -0.25) is 4.99 Å². The first-order valence-electron chi connectivity index (χ1n) is 6.77. The van der Waals surface area contributed by atoms with E-state index in [1.807, 2.05) is 35.3 Å². The quantitative estimate of drug-likeness (QED) is 0.644. The van der Waals surface area contributed by atoms with Crippen molar-refractivity contribution in [2.45, 2.75) is 19.5 Å². The van der Waals surface area contributed by atoms with Crippen LogP contribution in [0.5, 0.6) is 0 Å². The minimum absolute atomic E-state index is 0.218. The van der Waals surface area contributed by atoms with Gasteiger partial charge in [0.2, 0.25) is 0 Å². The van der Waals surface area contributed by atoms with E-state index in [9.17, 15) is 0 Å². The molecule has 1 heterocycles. The average molecular weight is 271 g/mol. The molecule has 0 bridgehead atoms. The number of nitrogens with zero attached hydrogens (tertiary/aromatic N) is 3. The molecule has 0 amide bonds. The van der Waals surface area contributed by atoms with E-state index in [2.05, 4.69) is 39.7 Å². The summed E-state index contributed by atoms with van der Waals surface area (Å²) in [6, 6.07) is 10.5. The Morgan fingerprint density at radius 2 is 2.15 bits per heavy atom. The van der Waals surface area contributed by atoms with Crippen LogP contribution in [-0.2, 0) is 6.54 Å². The van der Waals surface area contributed by atoms with Crippen molar-refractivity contribution in [3.8, 4) is 0 Å². The van der Waals surface area contributed by atoms with Crippen LogP contribution in [0.4, 0.5) is 0 Å². The van der Waals surface area contributed by atoms with Crippen LogP contribution in [0.2, 0.25) is 0 Å². The molecule has 1 aromatic heterocycles. The lowest BCUT2D eigenvalue weighted by Crippen LogP contribution is -2.40. The maximum atomic E-state index is 4.24. The first-order valence-corrected chi connectivity index (χ1v) is 6.77. The molecule has 1 atom stereocenters. The van der Waals surface area contributed by atoms with Gasteiger partial charge >= 0.3 is 0 Å². The van der Waals surface area contributed by atoms with Crippen LogP contribution < -0.4 is 10.6 Å². The number of aliphatic imine (C=N–C) groups is 1. The Hall–Kier alpha value is -2.30. The van der Waals surface area contributed by atoms with E-state index in [-0.39, 0.29) is 6.04 Å². The van der Waals surface area contributed by atoms with Gasteiger partial charge in [-0.2, -0.15) is 0 Å². The van der Waals surface area contributed by atoms with Crippen molar-refractivity contribution >= 4 is 5.96 Å². The Bertz CT molecular complexity index is 518. The molecule has 0 saturated carbocycles. The molecular weight excluding hydrogens is 250 g/mol. The van der Waals surface area contributed by atoms with Crippen LogP contribution in [0.15, 0.2) is 54.0 Å². The van der Waals surface area contributed by atoms with Gasteiger partial charge in [0.05, 0.1) is 12.4 Å². The number of aromatic nitrogens is 2. The van der Waals surface area contributed by atoms with Gasteiger partial charge in [-0.05, 0) is 12.5 Å². The minimum Gasteiger partial charge on any atom is -0.355 e. The fourth-order valence-corrected chi connectivity index (χ4v) is 1.95. The molecule has 2 aromatic rings. The summed E-state index contributed by atoms with van der Waals surface area (Å²) in [5.74, 6) is 0.807. The van der Waals surface area contributed by atoms with Crippen molar-refractivity contribution in [3.63, 3.8) is 0 Å². The van der Waals surface area contributed by atoms with Crippen molar-refractivity contribution in [1.29, 1.82) is 0 Å². The van der Waals surface area contributed by atoms with E-state index in [1.165, 1.54) is 5.56 Å². The van der Waals surface area contributed by atoms with E-state index >= 15 is 0 Å². The van der Waals surface area contributed by atoms with Crippen molar-refractivity contribution in [2.24, 2.45) is 4.99 Å². The zero-order chi connectivity index (χ0) is 14.2. The molecule has 0 aliphatic heterocycles. The Kier molecular flexibility index (Phi) is 5.17. The van der Waals surface area contributed by atoms with Gasteiger partial charge < -0.3 is 15.2 Å². The fourth-order valence-electron chi connectivity index (χ4n) is 1.95. The first kappa shape index (κ1) is 14.1. The molecular formula is C15H21N5. The summed E-state index contributed by atoms with van der Waals surface area (Å²) in [4.78, 5) is 8.26. The highest BCUT2D eigenvalue weighted by atomic mass is 15.2. The summed E-state index contributed by atoms with van der Waals surface area (Å²) < 4.78 is 2.03. The normalized spacial score (nSPS) is 13.0. The number of hydrogen-bond acceptors (Lipinski definition) is 2. The van der Waals surface area contributed by atoms with E-state index in [1.54, 1.807) is 13.2 Å². The van der Waals surface area contributed by atoms with Gasteiger partial charge in [0.15, 0.2) is 5.96 Å². The standard InChI is InChI=1S/C15H21N5/c1-13(14-6-4-3-5-7-14)19-15(16-2)18-9-11-20-10-8-17-12-20/h3-8,10,12-13H,9,11H2,1-2H3,(H2,16,18,19). The average Bonchev–Trinajstić information content (AvgIpc) is 3.00. The molecule has 0 aliphatic rings. The van der Waals surface area contributed by atoms with Gasteiger partial charge in [0.25, 0.3) is 0 Å². The third-order valence-electron chi connectivity index (χ3n) is 3.10. The number of guanidine groups is 1. The van der Waals surface area contributed by atoms with Gasteiger partial charge in [0.1, 0.15) is 0 Å². The van der Waals surface area contributed by atoms with Crippen LogP contribution in [0.3, 0.4) is 0 Å². The van der Waals surface area contributed by atoms with Crippen LogP contribution in [0.25, 0.3) is 0 Å². The summed E-state index contributed by atoms with van der Waals surface area (Å²) in [6.07, 6.45) is 5.54. The molecule has 1 unspecified atom stereocenters. The SMILES string of the molecule is CN=C(NCCn1ccnc1)NC(C)c1ccccc1. The lowest BCUT2D eigenvalue weighted by molar-refractivity contribution is 0.640. The molecule has 0 spiro atoms. The number of imidazole rings is 1. The van der Waals surface area contributed by atoms with Crippen molar-refractivity contribution in [3.05, 3.63) is 54.6 Å². The van der Waals surface area contributed by atoms with E-state index in [0.29, 0.717) is 0 Å². The van der Waals surface area contributed by atoms with Crippen molar-refractivity contribution < 1.29 is 0 Å². The van der Waals surface area contributed by atoms with E-state index in [4.69, 9.17) is 0 Å². The highest BCUT2D eigenvalue weighted by Crippen LogP contribution is 2.10. The van der Waals surface area contributed by atoms with Crippen LogP contribution in [0, 0.1) is 0 Å². The van der Waals surface area contributed by atoms with E-state index in [0.717, 1.165) is 19.0 Å². The molecule has 2 rings (SSSR count). The second kappa shape index (κ2) is 7.33. The van der Waals surface area contributed by atoms with Crippen LogP contribution in [-0.4, -0.2) is 29.1 Å². The third-order valence-corrected chi connectivity index (χ3v) is 3.10. The largest absolute Gasteiger partial charge is 0.355 e. The van der Waals surface area contributed by atoms with Crippen molar-refractivity contribution in [1.82, 2.24) is 20.2 Å². The van der Waals surface area contributed by atoms with Crippen LogP contribution >= 0.6 is 0 Å². The molecule has 0 aliphatic carbocycles. The topological polar surface area (TPSA) is 54.2 Å². The number of nitrogens with one attached hydrogen (secondary N) is 2. The summed E-state index contributed by atoms with van der Waals surface area (Å²) in [6.45, 7) is 3.79. The first-order chi connectivity index (χ1) is 9.79. The molecule has 0 saturated heterocycles. The predicted molar refractivity (Wildman–Crippen MR) is 81.6 cm³/mol. The lowest BCUT2D eigenvalue weighted by Gasteiger charge is -2.18. The lowest BCUT2D eigenvalue weighted by atomic mass is 10.1. The summed E-state index contributed by atoms with van der Waals surface area (Å²) in [5.41, 5.74) is 1.24. The Balaban J connectivity index is 1.80. The summed E-state index contributed by atoms with van der Waals surface area (Å²) in [5, 5.41) is 6.68. The molecule has 106 valence electrons. The van der Waals surface area contributed by atoms with E-state index < -0.39 is 0 Å². The molecule has 20 heavy (non-hydrogen) atoms. The summed E-state index contributed by atoms with van der Waals surface area (Å²) in [7, 11) is 1.78. The highest BCUT2D eigenvalue weighted by molar-refractivity contribution is 5.80. The maximum absolute atomic E-state index is 4.24. The molecule has 1 aromatic carbocycles. The molecule has 2 N–H and O–H groups in total. The second-order valence-electron chi connectivity index (χ2n) is 4.58. The minimum atomic E-state index is 0.218. The van der Waals surface area contributed by atoms with Crippen LogP contribution in [0.1, 0.15) is 18.5 Å². The number of benzene rings is 1. The van der Waals surface area contributed by atoms with Crippen molar-refractivity contribution in [2.75, 3.05) is 13.6 Å². The third kappa shape index (κ3) is 4.12. The fraction of sp³-hybridized carbons (Fsp3) is 0.333. The number of rotatable bonds is 5. The smallest absolute Gasteiger partial charge is 0.191 e. The highest BCUT2D eigenvalue weighted by Gasteiger charge is 2.06. The second-order valence-corrected chi connectivity index (χ2v) is 4.58.